The van der Waals surface area contributed by atoms with E-state index < -0.39 is 17.8 Å². The third-order valence-electron chi connectivity index (χ3n) is 3.87. The second-order valence-electron chi connectivity index (χ2n) is 5.69. The molecular formula is C19H15ClN2O4. The van der Waals surface area contributed by atoms with E-state index in [1.807, 2.05) is 19.1 Å². The van der Waals surface area contributed by atoms with Gasteiger partial charge in [-0.1, -0.05) is 29.8 Å². The lowest BCUT2D eigenvalue weighted by molar-refractivity contribution is -0.129. The van der Waals surface area contributed by atoms with Gasteiger partial charge in [-0.3, -0.25) is 19.8 Å². The van der Waals surface area contributed by atoms with Crippen molar-refractivity contribution in [3.8, 4) is 11.3 Å². The van der Waals surface area contributed by atoms with Gasteiger partial charge in [0.25, 0.3) is 11.8 Å². The number of carbonyl (C=O) groups excluding carboxylic acids is 3. The molecule has 1 fully saturated rings. The van der Waals surface area contributed by atoms with E-state index in [-0.39, 0.29) is 12.1 Å². The predicted octanol–water partition coefficient (Wildman–Crippen LogP) is 3.56. The van der Waals surface area contributed by atoms with Crippen LogP contribution in [0.4, 0.5) is 4.79 Å². The summed E-state index contributed by atoms with van der Waals surface area (Å²) in [7, 11) is 0. The van der Waals surface area contributed by atoms with E-state index in [0.717, 1.165) is 16.0 Å². The minimum absolute atomic E-state index is 0.000553. The van der Waals surface area contributed by atoms with Crippen LogP contribution in [0.5, 0.6) is 0 Å². The van der Waals surface area contributed by atoms with Crippen molar-refractivity contribution in [2.75, 3.05) is 6.54 Å². The number of nitrogens with zero attached hydrogens (tertiary/aromatic N) is 1. The molecule has 0 unspecified atom stereocenters. The highest BCUT2D eigenvalue weighted by Crippen LogP contribution is 2.28. The first-order valence-corrected chi connectivity index (χ1v) is 8.14. The maximum atomic E-state index is 12.4. The number of hydrogen-bond donors (Lipinski definition) is 1. The van der Waals surface area contributed by atoms with Gasteiger partial charge in [-0.05, 0) is 36.8 Å². The first kappa shape index (κ1) is 17.7. The first-order chi connectivity index (χ1) is 12.4. The third kappa shape index (κ3) is 3.32. The van der Waals surface area contributed by atoms with Crippen molar-refractivity contribution in [2.24, 2.45) is 0 Å². The average molecular weight is 371 g/mol. The number of nitrogens with one attached hydrogen (secondary N) is 1. The van der Waals surface area contributed by atoms with Gasteiger partial charge in [0.1, 0.15) is 17.1 Å². The SMILES string of the molecule is C=CCN1C(=O)NC(=O)/C(=C/c2ccc(-c3ccc(C)c(Cl)c3)o2)C1=O. The minimum Gasteiger partial charge on any atom is -0.457 e. The van der Waals surface area contributed by atoms with Crippen molar-refractivity contribution in [1.82, 2.24) is 10.2 Å². The largest absolute Gasteiger partial charge is 0.457 e. The second kappa shape index (κ2) is 7.01. The van der Waals surface area contributed by atoms with Crippen molar-refractivity contribution in [3.63, 3.8) is 0 Å². The van der Waals surface area contributed by atoms with Crippen molar-refractivity contribution in [1.29, 1.82) is 0 Å². The number of rotatable bonds is 4. The monoisotopic (exact) mass is 370 g/mol. The Morgan fingerprint density at radius 1 is 1.23 bits per heavy atom. The number of barbiturate groups is 1. The molecular weight excluding hydrogens is 356 g/mol. The molecule has 0 spiro atoms. The summed E-state index contributed by atoms with van der Waals surface area (Å²) in [6.07, 6.45) is 2.70. The molecule has 1 N–H and O–H groups in total. The van der Waals surface area contributed by atoms with Gasteiger partial charge in [0, 0.05) is 17.1 Å². The summed E-state index contributed by atoms with van der Waals surface area (Å²) >= 11 is 6.13. The predicted molar refractivity (Wildman–Crippen MR) is 97.3 cm³/mol. The summed E-state index contributed by atoms with van der Waals surface area (Å²) in [6.45, 7) is 5.39. The maximum absolute atomic E-state index is 12.4. The molecule has 1 aromatic carbocycles. The van der Waals surface area contributed by atoms with Crippen LogP contribution in [-0.4, -0.2) is 29.3 Å². The van der Waals surface area contributed by atoms with Crippen molar-refractivity contribution < 1.29 is 18.8 Å². The number of aryl methyl sites for hydroxylation is 1. The number of furan rings is 1. The lowest BCUT2D eigenvalue weighted by atomic mass is 10.1. The fourth-order valence-electron chi connectivity index (χ4n) is 2.46. The van der Waals surface area contributed by atoms with Crippen LogP contribution in [0.3, 0.4) is 0 Å². The Morgan fingerprint density at radius 3 is 2.69 bits per heavy atom. The number of imide groups is 2. The molecule has 0 radical (unpaired) electrons. The normalized spacial score (nSPS) is 16.2. The number of carbonyl (C=O) groups is 3. The Morgan fingerprint density at radius 2 is 2.00 bits per heavy atom. The van der Waals surface area contributed by atoms with E-state index in [2.05, 4.69) is 11.9 Å². The Hall–Kier alpha value is -3.12. The Labute approximate surface area is 154 Å². The summed E-state index contributed by atoms with van der Waals surface area (Å²) < 4.78 is 5.70. The van der Waals surface area contributed by atoms with Crippen LogP contribution >= 0.6 is 11.6 Å². The fraction of sp³-hybridized carbons (Fsp3) is 0.105. The summed E-state index contributed by atoms with van der Waals surface area (Å²) in [6, 6.07) is 8.08. The number of hydrogen-bond acceptors (Lipinski definition) is 4. The van der Waals surface area contributed by atoms with E-state index in [4.69, 9.17) is 16.0 Å². The highest BCUT2D eigenvalue weighted by atomic mass is 35.5. The zero-order valence-electron chi connectivity index (χ0n) is 13.9. The molecule has 1 aromatic heterocycles. The van der Waals surface area contributed by atoms with E-state index in [1.54, 1.807) is 18.2 Å². The van der Waals surface area contributed by atoms with Crippen LogP contribution in [0.15, 0.2) is 53.0 Å². The van der Waals surface area contributed by atoms with Crippen molar-refractivity contribution >= 4 is 35.5 Å². The van der Waals surface area contributed by atoms with Gasteiger partial charge in [0.2, 0.25) is 0 Å². The quantitative estimate of drug-likeness (QED) is 0.507. The van der Waals surface area contributed by atoms with Gasteiger partial charge >= 0.3 is 6.03 Å². The number of urea groups is 1. The van der Waals surface area contributed by atoms with E-state index in [9.17, 15) is 14.4 Å². The molecule has 1 saturated heterocycles. The average Bonchev–Trinajstić information content (AvgIpc) is 3.06. The highest BCUT2D eigenvalue weighted by molar-refractivity contribution is 6.31. The van der Waals surface area contributed by atoms with Crippen LogP contribution < -0.4 is 5.32 Å². The Bertz CT molecular complexity index is 958. The minimum atomic E-state index is -0.772. The highest BCUT2D eigenvalue weighted by Gasteiger charge is 2.35. The molecule has 1 aliphatic rings. The van der Waals surface area contributed by atoms with Crippen LogP contribution in [-0.2, 0) is 9.59 Å². The Kier molecular flexibility index (Phi) is 4.77. The lowest BCUT2D eigenvalue weighted by Gasteiger charge is -2.24. The molecule has 4 amide bonds. The van der Waals surface area contributed by atoms with Gasteiger partial charge < -0.3 is 4.42 Å². The number of amides is 4. The van der Waals surface area contributed by atoms with Gasteiger partial charge in [-0.2, -0.15) is 0 Å². The summed E-state index contributed by atoms with van der Waals surface area (Å²) in [5.41, 5.74) is 1.53. The first-order valence-electron chi connectivity index (χ1n) is 7.77. The van der Waals surface area contributed by atoms with E-state index >= 15 is 0 Å². The molecule has 2 aromatic rings. The van der Waals surface area contributed by atoms with E-state index in [1.165, 1.54) is 12.2 Å². The molecule has 26 heavy (non-hydrogen) atoms. The van der Waals surface area contributed by atoms with Crippen LogP contribution in [0.2, 0.25) is 5.02 Å². The van der Waals surface area contributed by atoms with E-state index in [0.29, 0.717) is 16.5 Å². The summed E-state index contributed by atoms with van der Waals surface area (Å²) in [5, 5.41) is 2.73. The lowest BCUT2D eigenvalue weighted by Crippen LogP contribution is -2.54. The zero-order chi connectivity index (χ0) is 18.8. The topological polar surface area (TPSA) is 79.6 Å². The third-order valence-corrected chi connectivity index (χ3v) is 4.27. The van der Waals surface area contributed by atoms with Crippen LogP contribution in [0.25, 0.3) is 17.4 Å². The van der Waals surface area contributed by atoms with Gasteiger partial charge in [0.15, 0.2) is 0 Å². The van der Waals surface area contributed by atoms with Gasteiger partial charge in [-0.15, -0.1) is 6.58 Å². The molecule has 0 bridgehead atoms. The van der Waals surface area contributed by atoms with Gasteiger partial charge in [0.05, 0.1) is 0 Å². The molecule has 132 valence electrons. The van der Waals surface area contributed by atoms with Crippen LogP contribution in [0.1, 0.15) is 11.3 Å². The van der Waals surface area contributed by atoms with Gasteiger partial charge in [-0.25, -0.2) is 4.79 Å². The van der Waals surface area contributed by atoms with Crippen molar-refractivity contribution in [3.05, 3.63) is 64.9 Å². The smallest absolute Gasteiger partial charge is 0.331 e. The molecule has 2 heterocycles. The standard InChI is InChI=1S/C19H15ClN2O4/c1-3-8-22-18(24)14(17(23)21-19(22)25)10-13-6-7-16(26-13)12-5-4-11(2)15(20)9-12/h3-7,9-10H,1,8H2,2H3,(H,21,23,25)/b14-10-. The summed E-state index contributed by atoms with van der Waals surface area (Å²) in [5.74, 6) is -0.615. The molecule has 0 aliphatic carbocycles. The van der Waals surface area contributed by atoms with Crippen LogP contribution in [0, 0.1) is 6.92 Å². The van der Waals surface area contributed by atoms with Crippen molar-refractivity contribution in [2.45, 2.75) is 6.92 Å². The molecule has 3 rings (SSSR count). The number of halogens is 1. The zero-order valence-corrected chi connectivity index (χ0v) is 14.7. The molecule has 6 nitrogen and oxygen atoms in total. The number of benzene rings is 1. The molecule has 1 aliphatic heterocycles. The molecule has 7 heteroatoms. The fourth-order valence-corrected chi connectivity index (χ4v) is 2.64. The summed E-state index contributed by atoms with van der Waals surface area (Å²) in [4.78, 5) is 37.0. The molecule has 0 saturated carbocycles. The second-order valence-corrected chi connectivity index (χ2v) is 6.09. The molecule has 0 atom stereocenters. The Balaban J connectivity index is 1.92. The maximum Gasteiger partial charge on any atom is 0.331 e.